The molecule has 7 nitrogen and oxygen atoms in total. The van der Waals surface area contributed by atoms with Crippen LogP contribution in [0.5, 0.6) is 11.5 Å². The van der Waals surface area contributed by atoms with Gasteiger partial charge in [-0.3, -0.25) is 14.9 Å². The lowest BCUT2D eigenvalue weighted by Gasteiger charge is -2.29. The van der Waals surface area contributed by atoms with E-state index >= 15 is 0 Å². The molecular formula is C18H18N2O5. The summed E-state index contributed by atoms with van der Waals surface area (Å²) in [6, 6.07) is 11.4. The summed E-state index contributed by atoms with van der Waals surface area (Å²) in [6.07, 6.45) is 0. The van der Waals surface area contributed by atoms with Gasteiger partial charge in [-0.2, -0.15) is 0 Å². The second-order valence-corrected chi connectivity index (χ2v) is 5.69. The Morgan fingerprint density at radius 2 is 1.84 bits per heavy atom. The van der Waals surface area contributed by atoms with Crippen molar-refractivity contribution >= 4 is 17.2 Å². The number of rotatable bonds is 5. The maximum atomic E-state index is 11.3. The van der Waals surface area contributed by atoms with Gasteiger partial charge in [0, 0.05) is 36.5 Å². The Balaban J connectivity index is 1.89. The highest BCUT2D eigenvalue weighted by Gasteiger charge is 2.20. The molecule has 0 spiro atoms. The molecule has 3 rings (SSSR count). The molecule has 1 heterocycles. The number of Topliss-reactive ketones (excluding diaryl/α,β-unsaturated/α-hetero) is 1. The molecule has 0 unspecified atom stereocenters. The van der Waals surface area contributed by atoms with Crippen LogP contribution < -0.4 is 9.64 Å². The largest absolute Gasteiger partial charge is 0.450 e. The van der Waals surface area contributed by atoms with Crippen LogP contribution in [0.3, 0.4) is 0 Å². The van der Waals surface area contributed by atoms with Crippen LogP contribution in [-0.2, 0) is 4.74 Å². The molecule has 0 saturated carbocycles. The van der Waals surface area contributed by atoms with Crippen LogP contribution in [0.15, 0.2) is 42.5 Å². The van der Waals surface area contributed by atoms with Gasteiger partial charge in [0.15, 0.2) is 5.78 Å². The Morgan fingerprint density at radius 1 is 1.16 bits per heavy atom. The lowest BCUT2D eigenvalue weighted by atomic mass is 10.1. The third kappa shape index (κ3) is 3.95. The third-order valence-corrected chi connectivity index (χ3v) is 4.00. The maximum Gasteiger partial charge on any atom is 0.311 e. The van der Waals surface area contributed by atoms with Gasteiger partial charge in [0.05, 0.1) is 18.1 Å². The highest BCUT2D eigenvalue weighted by atomic mass is 16.6. The summed E-state index contributed by atoms with van der Waals surface area (Å²) in [5.41, 5.74) is 1.31. The van der Waals surface area contributed by atoms with Gasteiger partial charge in [0.2, 0.25) is 5.75 Å². The fourth-order valence-electron chi connectivity index (χ4n) is 2.64. The summed E-state index contributed by atoms with van der Waals surface area (Å²) < 4.78 is 11.1. The molecule has 2 aromatic rings. The Morgan fingerprint density at radius 3 is 2.44 bits per heavy atom. The normalized spacial score (nSPS) is 14.2. The predicted octanol–water partition coefficient (Wildman–Crippen LogP) is 3.43. The number of nitro groups is 1. The molecule has 1 aliphatic rings. The van der Waals surface area contributed by atoms with E-state index in [2.05, 4.69) is 4.90 Å². The molecule has 0 bridgehead atoms. The molecule has 0 aliphatic carbocycles. The standard InChI is InChI=1S/C18H18N2O5/c1-13(21)14-2-5-16(6-3-14)25-18-12-15(4-7-17(18)20(22)23)19-8-10-24-11-9-19/h2-7,12H,8-11H2,1H3. The van der Waals surface area contributed by atoms with Crippen molar-refractivity contribution in [3.05, 3.63) is 58.1 Å². The lowest BCUT2D eigenvalue weighted by Crippen LogP contribution is -2.36. The molecule has 0 radical (unpaired) electrons. The van der Waals surface area contributed by atoms with Crippen molar-refractivity contribution in [2.75, 3.05) is 31.2 Å². The van der Waals surface area contributed by atoms with Crippen molar-refractivity contribution in [2.45, 2.75) is 6.92 Å². The monoisotopic (exact) mass is 342 g/mol. The number of hydrogen-bond acceptors (Lipinski definition) is 6. The van der Waals surface area contributed by atoms with E-state index < -0.39 is 4.92 Å². The van der Waals surface area contributed by atoms with Crippen molar-refractivity contribution in [2.24, 2.45) is 0 Å². The van der Waals surface area contributed by atoms with E-state index in [0.29, 0.717) is 24.5 Å². The van der Waals surface area contributed by atoms with E-state index in [9.17, 15) is 14.9 Å². The smallest absolute Gasteiger partial charge is 0.311 e. The molecule has 25 heavy (non-hydrogen) atoms. The predicted molar refractivity (Wildman–Crippen MR) is 92.6 cm³/mol. The van der Waals surface area contributed by atoms with E-state index in [0.717, 1.165) is 18.8 Å². The van der Waals surface area contributed by atoms with E-state index in [1.165, 1.54) is 13.0 Å². The van der Waals surface area contributed by atoms with Gasteiger partial charge in [0.25, 0.3) is 0 Å². The van der Waals surface area contributed by atoms with Crippen LogP contribution in [0.4, 0.5) is 11.4 Å². The molecule has 2 aromatic carbocycles. The Labute approximate surface area is 144 Å². The third-order valence-electron chi connectivity index (χ3n) is 4.00. The average molecular weight is 342 g/mol. The Bertz CT molecular complexity index is 783. The molecule has 7 heteroatoms. The van der Waals surface area contributed by atoms with E-state index in [-0.39, 0.29) is 17.2 Å². The number of hydrogen-bond donors (Lipinski definition) is 0. The number of ketones is 1. The van der Waals surface area contributed by atoms with Crippen LogP contribution in [0.1, 0.15) is 17.3 Å². The van der Waals surface area contributed by atoms with E-state index in [4.69, 9.17) is 9.47 Å². The van der Waals surface area contributed by atoms with Crippen molar-refractivity contribution in [1.82, 2.24) is 0 Å². The molecule has 0 N–H and O–H groups in total. The number of morpholine rings is 1. The minimum Gasteiger partial charge on any atom is -0.450 e. The number of carbonyl (C=O) groups is 1. The van der Waals surface area contributed by atoms with Gasteiger partial charge < -0.3 is 14.4 Å². The zero-order valence-corrected chi connectivity index (χ0v) is 13.8. The van der Waals surface area contributed by atoms with Crippen molar-refractivity contribution in [3.63, 3.8) is 0 Å². The topological polar surface area (TPSA) is 81.9 Å². The van der Waals surface area contributed by atoms with Gasteiger partial charge in [-0.05, 0) is 37.3 Å². The SMILES string of the molecule is CC(=O)c1ccc(Oc2cc(N3CCOCC3)ccc2[N+](=O)[O-])cc1. The average Bonchev–Trinajstić information content (AvgIpc) is 2.62. The second-order valence-electron chi connectivity index (χ2n) is 5.69. The molecule has 1 aliphatic heterocycles. The van der Waals surface area contributed by atoms with Crippen molar-refractivity contribution in [1.29, 1.82) is 0 Å². The molecule has 1 saturated heterocycles. The van der Waals surface area contributed by atoms with Crippen molar-refractivity contribution < 1.29 is 19.2 Å². The van der Waals surface area contributed by atoms with Gasteiger partial charge in [-0.25, -0.2) is 0 Å². The lowest BCUT2D eigenvalue weighted by molar-refractivity contribution is -0.385. The van der Waals surface area contributed by atoms with Crippen LogP contribution in [0.25, 0.3) is 0 Å². The molecule has 0 atom stereocenters. The van der Waals surface area contributed by atoms with Gasteiger partial charge in [0.1, 0.15) is 5.75 Å². The van der Waals surface area contributed by atoms with Crippen LogP contribution in [0, 0.1) is 10.1 Å². The van der Waals surface area contributed by atoms with E-state index in [1.54, 1.807) is 36.4 Å². The first-order valence-electron chi connectivity index (χ1n) is 7.94. The van der Waals surface area contributed by atoms with Crippen molar-refractivity contribution in [3.8, 4) is 11.5 Å². The Kier molecular flexibility index (Phi) is 4.95. The Hall–Kier alpha value is -2.93. The number of benzene rings is 2. The zero-order valence-electron chi connectivity index (χ0n) is 13.8. The zero-order chi connectivity index (χ0) is 17.8. The number of nitrogens with zero attached hydrogens (tertiary/aromatic N) is 2. The fourth-order valence-corrected chi connectivity index (χ4v) is 2.64. The summed E-state index contributed by atoms with van der Waals surface area (Å²) in [5, 5.41) is 11.3. The van der Waals surface area contributed by atoms with E-state index in [1.807, 2.05) is 0 Å². The first kappa shape index (κ1) is 16.9. The number of nitro benzene ring substituents is 1. The van der Waals surface area contributed by atoms with Gasteiger partial charge >= 0.3 is 5.69 Å². The second kappa shape index (κ2) is 7.31. The number of anilines is 1. The fraction of sp³-hybridized carbons (Fsp3) is 0.278. The highest BCUT2D eigenvalue weighted by Crippen LogP contribution is 2.35. The molecule has 0 aromatic heterocycles. The number of ether oxygens (including phenoxy) is 2. The first-order chi connectivity index (χ1) is 12.0. The number of carbonyl (C=O) groups excluding carboxylic acids is 1. The minimum absolute atomic E-state index is 0.0492. The highest BCUT2D eigenvalue weighted by molar-refractivity contribution is 5.94. The summed E-state index contributed by atoms with van der Waals surface area (Å²) >= 11 is 0. The molecular weight excluding hydrogens is 324 g/mol. The van der Waals surface area contributed by atoms with Gasteiger partial charge in [-0.1, -0.05) is 0 Å². The van der Waals surface area contributed by atoms with Gasteiger partial charge in [-0.15, -0.1) is 0 Å². The maximum absolute atomic E-state index is 11.3. The quantitative estimate of drug-likeness (QED) is 0.470. The molecule has 1 fully saturated rings. The minimum atomic E-state index is -0.470. The van der Waals surface area contributed by atoms with Crippen LogP contribution >= 0.6 is 0 Å². The molecule has 0 amide bonds. The van der Waals surface area contributed by atoms with Crippen LogP contribution in [0.2, 0.25) is 0 Å². The summed E-state index contributed by atoms with van der Waals surface area (Å²) in [5.74, 6) is 0.559. The molecule has 130 valence electrons. The van der Waals surface area contributed by atoms with Crippen LogP contribution in [-0.4, -0.2) is 37.0 Å². The summed E-state index contributed by atoms with van der Waals surface area (Å²) in [7, 11) is 0. The summed E-state index contributed by atoms with van der Waals surface area (Å²) in [6.45, 7) is 4.18. The summed E-state index contributed by atoms with van der Waals surface area (Å²) in [4.78, 5) is 24.2. The first-order valence-corrected chi connectivity index (χ1v) is 7.94.